The second-order valence-electron chi connectivity index (χ2n) is 5.43. The van der Waals surface area contributed by atoms with Gasteiger partial charge in [0.15, 0.2) is 6.61 Å². The highest BCUT2D eigenvalue weighted by Gasteiger charge is 2.13. The summed E-state index contributed by atoms with van der Waals surface area (Å²) in [6.07, 6.45) is 0. The molecular formula is C19H19N3O4. The molecule has 1 aromatic heterocycles. The van der Waals surface area contributed by atoms with Gasteiger partial charge in [0.25, 0.3) is 5.91 Å². The van der Waals surface area contributed by atoms with Crippen LogP contribution in [-0.2, 0) is 6.61 Å². The molecule has 0 aliphatic carbocycles. The number of aromatic nitrogens is 2. The lowest BCUT2D eigenvalue weighted by Gasteiger charge is -2.11. The first kappa shape index (κ1) is 17.5. The lowest BCUT2D eigenvalue weighted by molar-refractivity contribution is 0.0942. The second kappa shape index (κ2) is 8.66. The maximum atomic E-state index is 12.4. The fourth-order valence-electron chi connectivity index (χ4n) is 2.27. The average molecular weight is 353 g/mol. The summed E-state index contributed by atoms with van der Waals surface area (Å²) in [5.41, 5.74) is 0.437. The molecule has 7 nitrogen and oxygen atoms in total. The van der Waals surface area contributed by atoms with E-state index in [1.54, 1.807) is 31.2 Å². The minimum absolute atomic E-state index is 0.124. The molecule has 0 saturated heterocycles. The lowest BCUT2D eigenvalue weighted by atomic mass is 10.2. The van der Waals surface area contributed by atoms with Gasteiger partial charge in [-0.05, 0) is 24.3 Å². The molecule has 1 N–H and O–H groups in total. The highest BCUT2D eigenvalue weighted by Crippen LogP contribution is 2.19. The summed E-state index contributed by atoms with van der Waals surface area (Å²) < 4.78 is 16.1. The number of hydrogen-bond acceptors (Lipinski definition) is 6. The van der Waals surface area contributed by atoms with E-state index in [1.165, 1.54) is 0 Å². The van der Waals surface area contributed by atoms with Gasteiger partial charge in [-0.3, -0.25) is 4.79 Å². The highest BCUT2D eigenvalue weighted by atomic mass is 16.5. The summed E-state index contributed by atoms with van der Waals surface area (Å²) in [4.78, 5) is 16.5. The number of hydrogen-bond donors (Lipinski definition) is 1. The van der Waals surface area contributed by atoms with Crippen LogP contribution in [0.4, 0.5) is 0 Å². The Hall–Kier alpha value is -3.35. The van der Waals surface area contributed by atoms with Crippen LogP contribution >= 0.6 is 0 Å². The number of carbonyl (C=O) groups excluding carboxylic acids is 1. The maximum Gasteiger partial charge on any atom is 0.255 e. The number of carbonyl (C=O) groups is 1. The summed E-state index contributed by atoms with van der Waals surface area (Å²) in [7, 11) is 0. The molecular weight excluding hydrogens is 334 g/mol. The van der Waals surface area contributed by atoms with Gasteiger partial charge in [0.2, 0.25) is 11.7 Å². The van der Waals surface area contributed by atoms with Crippen molar-refractivity contribution in [2.24, 2.45) is 0 Å². The van der Waals surface area contributed by atoms with Crippen molar-refractivity contribution in [1.29, 1.82) is 0 Å². The molecule has 26 heavy (non-hydrogen) atoms. The number of aryl methyl sites for hydroxylation is 1. The number of nitrogens with one attached hydrogen (secondary N) is 1. The first-order valence-corrected chi connectivity index (χ1v) is 8.19. The fraction of sp³-hybridized carbons (Fsp3) is 0.211. The van der Waals surface area contributed by atoms with Crippen molar-refractivity contribution in [3.05, 3.63) is 71.9 Å². The Balaban J connectivity index is 1.52. The Morgan fingerprint density at radius 3 is 2.62 bits per heavy atom. The van der Waals surface area contributed by atoms with Gasteiger partial charge in [0, 0.05) is 6.92 Å². The summed E-state index contributed by atoms with van der Waals surface area (Å²) in [6, 6.07) is 16.4. The number of rotatable bonds is 8. The van der Waals surface area contributed by atoms with Crippen molar-refractivity contribution in [3.8, 4) is 11.5 Å². The van der Waals surface area contributed by atoms with Gasteiger partial charge in [0.1, 0.15) is 18.1 Å². The lowest BCUT2D eigenvalue weighted by Crippen LogP contribution is -2.28. The molecule has 0 radical (unpaired) electrons. The predicted octanol–water partition coefficient (Wildman–Crippen LogP) is 2.77. The summed E-state index contributed by atoms with van der Waals surface area (Å²) in [5, 5.41) is 6.58. The third-order valence-corrected chi connectivity index (χ3v) is 3.46. The zero-order chi connectivity index (χ0) is 18.2. The van der Waals surface area contributed by atoms with E-state index in [4.69, 9.17) is 14.0 Å². The molecule has 0 unspecified atom stereocenters. The van der Waals surface area contributed by atoms with Gasteiger partial charge in [-0.2, -0.15) is 4.98 Å². The van der Waals surface area contributed by atoms with E-state index in [0.29, 0.717) is 36.2 Å². The molecule has 0 bridgehead atoms. The van der Waals surface area contributed by atoms with Gasteiger partial charge < -0.3 is 19.3 Å². The van der Waals surface area contributed by atoms with Crippen molar-refractivity contribution < 1.29 is 18.8 Å². The molecule has 134 valence electrons. The van der Waals surface area contributed by atoms with Crippen LogP contribution < -0.4 is 14.8 Å². The van der Waals surface area contributed by atoms with Crippen LogP contribution in [0.2, 0.25) is 0 Å². The molecule has 0 atom stereocenters. The van der Waals surface area contributed by atoms with Crippen LogP contribution in [0.5, 0.6) is 11.5 Å². The summed E-state index contributed by atoms with van der Waals surface area (Å²) in [6.45, 7) is 2.58. The quantitative estimate of drug-likeness (QED) is 0.627. The third kappa shape index (κ3) is 4.83. The van der Waals surface area contributed by atoms with Crippen LogP contribution in [0.15, 0.2) is 59.1 Å². The first-order chi connectivity index (χ1) is 12.7. The van der Waals surface area contributed by atoms with Gasteiger partial charge in [0.05, 0.1) is 12.1 Å². The molecule has 0 aliphatic heterocycles. The van der Waals surface area contributed by atoms with Gasteiger partial charge in [-0.25, -0.2) is 0 Å². The van der Waals surface area contributed by atoms with E-state index in [9.17, 15) is 4.79 Å². The highest BCUT2D eigenvalue weighted by molar-refractivity contribution is 5.96. The molecule has 3 rings (SSSR count). The van der Waals surface area contributed by atoms with Crippen LogP contribution in [0, 0.1) is 6.92 Å². The number of benzene rings is 2. The van der Waals surface area contributed by atoms with Crippen LogP contribution in [0.1, 0.15) is 22.1 Å². The van der Waals surface area contributed by atoms with Crippen LogP contribution in [0.25, 0.3) is 0 Å². The monoisotopic (exact) mass is 353 g/mol. The molecule has 0 fully saturated rings. The first-order valence-electron chi connectivity index (χ1n) is 8.19. The van der Waals surface area contributed by atoms with Gasteiger partial charge in [-0.15, -0.1) is 0 Å². The van der Waals surface area contributed by atoms with Crippen molar-refractivity contribution in [3.63, 3.8) is 0 Å². The zero-order valence-corrected chi connectivity index (χ0v) is 14.3. The molecule has 3 aromatic rings. The Morgan fingerprint density at radius 1 is 1.08 bits per heavy atom. The molecule has 0 aliphatic rings. The Labute approximate surface area is 150 Å². The minimum atomic E-state index is -0.235. The molecule has 1 amide bonds. The van der Waals surface area contributed by atoms with Crippen molar-refractivity contribution >= 4 is 5.91 Å². The van der Waals surface area contributed by atoms with E-state index in [1.807, 2.05) is 30.3 Å². The molecule has 0 spiro atoms. The molecule has 0 saturated carbocycles. The Bertz CT molecular complexity index is 849. The normalized spacial score (nSPS) is 10.3. The Morgan fingerprint density at radius 2 is 1.85 bits per heavy atom. The number of amides is 1. The fourth-order valence-corrected chi connectivity index (χ4v) is 2.27. The van der Waals surface area contributed by atoms with Crippen molar-refractivity contribution in [2.45, 2.75) is 13.5 Å². The van der Waals surface area contributed by atoms with E-state index < -0.39 is 0 Å². The van der Waals surface area contributed by atoms with E-state index >= 15 is 0 Å². The summed E-state index contributed by atoms with van der Waals surface area (Å²) >= 11 is 0. The Kier molecular flexibility index (Phi) is 5.82. The number of para-hydroxylation sites is 2. The maximum absolute atomic E-state index is 12.4. The van der Waals surface area contributed by atoms with Gasteiger partial charge in [-0.1, -0.05) is 35.5 Å². The molecule has 1 heterocycles. The largest absolute Gasteiger partial charge is 0.492 e. The topological polar surface area (TPSA) is 86.5 Å². The molecule has 2 aromatic carbocycles. The average Bonchev–Trinajstić information content (AvgIpc) is 3.10. The predicted molar refractivity (Wildman–Crippen MR) is 94.1 cm³/mol. The number of nitrogens with zero attached hydrogens (tertiary/aromatic N) is 2. The van der Waals surface area contributed by atoms with Crippen molar-refractivity contribution in [2.75, 3.05) is 13.2 Å². The minimum Gasteiger partial charge on any atom is -0.492 e. The van der Waals surface area contributed by atoms with E-state index in [0.717, 1.165) is 5.75 Å². The van der Waals surface area contributed by atoms with Crippen LogP contribution in [0.3, 0.4) is 0 Å². The van der Waals surface area contributed by atoms with E-state index in [2.05, 4.69) is 15.5 Å². The molecule has 7 heteroatoms. The zero-order valence-electron chi connectivity index (χ0n) is 14.3. The number of ether oxygens (including phenoxy) is 2. The second-order valence-corrected chi connectivity index (χ2v) is 5.43. The third-order valence-electron chi connectivity index (χ3n) is 3.46. The van der Waals surface area contributed by atoms with Gasteiger partial charge >= 0.3 is 0 Å². The smallest absolute Gasteiger partial charge is 0.255 e. The van der Waals surface area contributed by atoms with E-state index in [-0.39, 0.29) is 12.5 Å². The standard InChI is InChI=1S/C19H19N3O4/c1-14-21-18(22-26-14)13-25-17-10-6-5-9-16(17)19(23)20-11-12-24-15-7-3-2-4-8-15/h2-10H,11-13H2,1H3,(H,20,23). The van der Waals surface area contributed by atoms with Crippen molar-refractivity contribution in [1.82, 2.24) is 15.5 Å². The van der Waals surface area contributed by atoms with Crippen LogP contribution in [-0.4, -0.2) is 29.2 Å². The SMILES string of the molecule is Cc1nc(COc2ccccc2C(=O)NCCOc2ccccc2)no1. The summed E-state index contributed by atoms with van der Waals surface area (Å²) in [5.74, 6) is 1.88.